The maximum absolute atomic E-state index is 14.9. The van der Waals surface area contributed by atoms with Gasteiger partial charge in [0.2, 0.25) is 5.88 Å². The zero-order valence-corrected chi connectivity index (χ0v) is 20.6. The Labute approximate surface area is 206 Å². The van der Waals surface area contributed by atoms with Gasteiger partial charge in [-0.25, -0.2) is 9.37 Å². The highest BCUT2D eigenvalue weighted by Crippen LogP contribution is 2.34. The Bertz CT molecular complexity index is 1490. The molecule has 34 heavy (non-hydrogen) atoms. The van der Waals surface area contributed by atoms with Crippen LogP contribution < -0.4 is 4.74 Å². The van der Waals surface area contributed by atoms with Gasteiger partial charge in [-0.1, -0.05) is 70.5 Å². The number of fused-ring (bicyclic) bond motifs is 2. The Kier molecular flexibility index (Phi) is 6.31. The first-order valence-electron chi connectivity index (χ1n) is 11.1. The Balaban J connectivity index is 1.57. The molecule has 0 fully saturated rings. The molecule has 0 saturated carbocycles. The summed E-state index contributed by atoms with van der Waals surface area (Å²) in [6, 6.07) is 27.7. The zero-order chi connectivity index (χ0) is 23.7. The van der Waals surface area contributed by atoms with Crippen LogP contribution in [-0.4, -0.2) is 24.0 Å². The number of aromatic nitrogens is 1. The van der Waals surface area contributed by atoms with Crippen LogP contribution in [0.25, 0.3) is 32.8 Å². The van der Waals surface area contributed by atoms with E-state index in [1.807, 2.05) is 73.6 Å². The summed E-state index contributed by atoms with van der Waals surface area (Å²) >= 11 is 3.54. The molecule has 170 valence electrons. The number of rotatable bonds is 6. The summed E-state index contributed by atoms with van der Waals surface area (Å²) in [5, 5.41) is 3.27. The van der Waals surface area contributed by atoms with E-state index in [4.69, 9.17) is 9.72 Å². The number of benzene rings is 4. The third-order valence-electron chi connectivity index (χ3n) is 5.84. The van der Waals surface area contributed by atoms with Crippen LogP contribution in [-0.2, 0) is 13.2 Å². The second-order valence-electron chi connectivity index (χ2n) is 8.65. The fourth-order valence-electron chi connectivity index (χ4n) is 4.19. The van der Waals surface area contributed by atoms with Crippen molar-refractivity contribution in [1.82, 2.24) is 9.88 Å². The molecule has 0 radical (unpaired) electrons. The van der Waals surface area contributed by atoms with E-state index in [0.717, 1.165) is 37.5 Å². The molecule has 5 aromatic rings. The minimum absolute atomic E-state index is 0.236. The van der Waals surface area contributed by atoms with E-state index < -0.39 is 0 Å². The van der Waals surface area contributed by atoms with Gasteiger partial charge in [0, 0.05) is 27.5 Å². The molecule has 5 rings (SSSR count). The van der Waals surface area contributed by atoms with Crippen molar-refractivity contribution in [3.63, 3.8) is 0 Å². The number of pyridine rings is 1. The lowest BCUT2D eigenvalue weighted by Crippen LogP contribution is -2.11. The number of ether oxygens (including phenoxy) is 1. The lowest BCUT2D eigenvalue weighted by molar-refractivity contribution is 0.298. The summed E-state index contributed by atoms with van der Waals surface area (Å²) < 4.78 is 22.2. The van der Waals surface area contributed by atoms with Crippen molar-refractivity contribution in [3.05, 3.63) is 106 Å². The third-order valence-corrected chi connectivity index (χ3v) is 6.33. The summed E-state index contributed by atoms with van der Waals surface area (Å²) in [5.74, 6) is 0.253. The van der Waals surface area contributed by atoms with Crippen molar-refractivity contribution in [2.75, 3.05) is 14.1 Å². The fourth-order valence-corrected chi connectivity index (χ4v) is 4.57. The molecule has 0 unspecified atom stereocenters. The minimum atomic E-state index is -0.236. The first-order chi connectivity index (χ1) is 16.5. The molecule has 0 aliphatic rings. The summed E-state index contributed by atoms with van der Waals surface area (Å²) in [4.78, 5) is 6.76. The molecule has 4 aromatic carbocycles. The second kappa shape index (κ2) is 9.53. The van der Waals surface area contributed by atoms with Crippen LogP contribution in [0.4, 0.5) is 4.39 Å². The van der Waals surface area contributed by atoms with Gasteiger partial charge in [-0.2, -0.15) is 0 Å². The molecule has 0 aliphatic carbocycles. The lowest BCUT2D eigenvalue weighted by Gasteiger charge is -2.15. The number of halogens is 2. The first kappa shape index (κ1) is 22.5. The molecule has 5 heteroatoms. The van der Waals surface area contributed by atoms with Gasteiger partial charge in [0.05, 0.1) is 5.52 Å². The van der Waals surface area contributed by atoms with E-state index in [-0.39, 0.29) is 5.82 Å². The molecule has 0 aliphatic heterocycles. The topological polar surface area (TPSA) is 25.4 Å². The van der Waals surface area contributed by atoms with Crippen molar-refractivity contribution in [2.45, 2.75) is 13.2 Å². The molecule has 0 spiro atoms. The van der Waals surface area contributed by atoms with Gasteiger partial charge in [-0.3, -0.25) is 0 Å². The van der Waals surface area contributed by atoms with Gasteiger partial charge in [-0.15, -0.1) is 0 Å². The standard InChI is InChI=1S/C29H24BrFN2O/c1-33(2)17-21-11-10-20(16-27(21)31)26-15-23-14-24(30)12-13-28(23)32-29(26)34-18-22-8-5-7-19-6-3-4-9-25(19)22/h3-16H,17-18H2,1-2H3. The Hall–Kier alpha value is -3.28. The number of hydrogen-bond acceptors (Lipinski definition) is 3. The van der Waals surface area contributed by atoms with E-state index in [1.165, 1.54) is 5.39 Å². The molecule has 0 atom stereocenters. The Morgan fingerprint density at radius 2 is 1.68 bits per heavy atom. The second-order valence-corrected chi connectivity index (χ2v) is 9.56. The maximum Gasteiger partial charge on any atom is 0.222 e. The molecule has 0 amide bonds. The van der Waals surface area contributed by atoms with Crippen molar-refractivity contribution >= 4 is 37.6 Å². The molecular formula is C29H24BrFN2O. The van der Waals surface area contributed by atoms with E-state index in [1.54, 1.807) is 6.07 Å². The van der Waals surface area contributed by atoms with Crippen LogP contribution in [0.5, 0.6) is 5.88 Å². The summed E-state index contributed by atoms with van der Waals surface area (Å²) in [7, 11) is 3.86. The largest absolute Gasteiger partial charge is 0.472 e. The molecule has 0 saturated heterocycles. The summed E-state index contributed by atoms with van der Waals surface area (Å²) in [6.07, 6.45) is 0. The van der Waals surface area contributed by atoms with Crippen molar-refractivity contribution in [3.8, 4) is 17.0 Å². The van der Waals surface area contributed by atoms with E-state index >= 15 is 0 Å². The van der Waals surface area contributed by atoms with E-state index in [9.17, 15) is 4.39 Å². The van der Waals surface area contributed by atoms with Crippen molar-refractivity contribution in [2.24, 2.45) is 0 Å². The smallest absolute Gasteiger partial charge is 0.222 e. The average molecular weight is 515 g/mol. The van der Waals surface area contributed by atoms with Gasteiger partial charge >= 0.3 is 0 Å². The van der Waals surface area contributed by atoms with E-state index in [0.29, 0.717) is 24.6 Å². The molecule has 0 bridgehead atoms. The summed E-state index contributed by atoms with van der Waals surface area (Å²) in [5.41, 5.74) is 4.06. The lowest BCUT2D eigenvalue weighted by atomic mass is 10.0. The van der Waals surface area contributed by atoms with Crippen LogP contribution in [0.15, 0.2) is 89.4 Å². The monoisotopic (exact) mass is 514 g/mol. The highest BCUT2D eigenvalue weighted by atomic mass is 79.9. The normalized spacial score (nSPS) is 11.4. The third kappa shape index (κ3) is 4.67. The quantitative estimate of drug-likeness (QED) is 0.233. The van der Waals surface area contributed by atoms with Crippen molar-refractivity contribution < 1.29 is 9.13 Å². The Morgan fingerprint density at radius 1 is 0.853 bits per heavy atom. The SMILES string of the molecule is CN(C)Cc1ccc(-c2cc3cc(Br)ccc3nc2OCc2cccc3ccccc23)cc1F. The van der Waals surface area contributed by atoms with Crippen LogP contribution in [0.1, 0.15) is 11.1 Å². The van der Waals surface area contributed by atoms with Gasteiger partial charge in [-0.05, 0) is 66.3 Å². The molecule has 1 heterocycles. The number of hydrogen-bond donors (Lipinski definition) is 0. The predicted molar refractivity (Wildman–Crippen MR) is 141 cm³/mol. The van der Waals surface area contributed by atoms with Gasteiger partial charge in [0.1, 0.15) is 12.4 Å². The minimum Gasteiger partial charge on any atom is -0.472 e. The average Bonchev–Trinajstić information content (AvgIpc) is 2.83. The Morgan fingerprint density at radius 3 is 2.50 bits per heavy atom. The first-order valence-corrected chi connectivity index (χ1v) is 11.9. The van der Waals surface area contributed by atoms with Crippen LogP contribution in [0.2, 0.25) is 0 Å². The molecule has 3 nitrogen and oxygen atoms in total. The maximum atomic E-state index is 14.9. The van der Waals surface area contributed by atoms with Gasteiger partial charge in [0.15, 0.2) is 0 Å². The molecule has 0 N–H and O–H groups in total. The highest BCUT2D eigenvalue weighted by Gasteiger charge is 2.14. The van der Waals surface area contributed by atoms with E-state index in [2.05, 4.69) is 40.2 Å². The van der Waals surface area contributed by atoms with Crippen LogP contribution in [0, 0.1) is 5.82 Å². The van der Waals surface area contributed by atoms with Crippen LogP contribution in [0.3, 0.4) is 0 Å². The predicted octanol–water partition coefficient (Wildman–Crippen LogP) is 7.60. The molecular weight excluding hydrogens is 491 g/mol. The fraction of sp³-hybridized carbons (Fsp3) is 0.138. The molecule has 1 aromatic heterocycles. The zero-order valence-electron chi connectivity index (χ0n) is 19.1. The van der Waals surface area contributed by atoms with Crippen LogP contribution >= 0.6 is 15.9 Å². The summed E-state index contributed by atoms with van der Waals surface area (Å²) in [6.45, 7) is 0.907. The van der Waals surface area contributed by atoms with Crippen molar-refractivity contribution in [1.29, 1.82) is 0 Å². The van der Waals surface area contributed by atoms with Gasteiger partial charge < -0.3 is 9.64 Å². The highest BCUT2D eigenvalue weighted by molar-refractivity contribution is 9.10. The van der Waals surface area contributed by atoms with Gasteiger partial charge in [0.25, 0.3) is 0 Å². The number of nitrogens with zero attached hydrogens (tertiary/aromatic N) is 2.